The summed E-state index contributed by atoms with van der Waals surface area (Å²) < 4.78 is 23.3. The minimum Gasteiger partial charge on any atom is -0.477 e. The van der Waals surface area contributed by atoms with E-state index >= 15 is 0 Å². The summed E-state index contributed by atoms with van der Waals surface area (Å²) in [6.07, 6.45) is -0.813. The number of hydrogen-bond donors (Lipinski definition) is 0. The molecule has 0 saturated carbocycles. The largest absolute Gasteiger partial charge is 0.477 e. The molecule has 0 N–H and O–H groups in total. The van der Waals surface area contributed by atoms with Crippen LogP contribution in [-0.2, 0) is 9.53 Å². The molecule has 0 saturated heterocycles. The molecule has 0 bridgehead atoms. The SMILES string of the molecule is CC(Oc1ccc(F)cc1Cl)C(=O)OC(C)(C)C. The standard InChI is InChI=1S/C13H16ClFO3/c1-8(12(16)18-13(2,3)4)17-11-6-5-9(15)7-10(11)14/h5-8H,1-4H3. The van der Waals surface area contributed by atoms with Gasteiger partial charge in [0.1, 0.15) is 17.2 Å². The number of carbonyl (C=O) groups is 1. The highest BCUT2D eigenvalue weighted by molar-refractivity contribution is 6.32. The summed E-state index contributed by atoms with van der Waals surface area (Å²) in [5.41, 5.74) is -0.582. The molecular weight excluding hydrogens is 259 g/mol. The van der Waals surface area contributed by atoms with Crippen LogP contribution in [0.15, 0.2) is 18.2 Å². The molecule has 18 heavy (non-hydrogen) atoms. The third-order valence-corrected chi connectivity index (χ3v) is 2.23. The molecule has 3 nitrogen and oxygen atoms in total. The Hall–Kier alpha value is -1.29. The second-order valence-electron chi connectivity index (χ2n) is 4.87. The summed E-state index contributed by atoms with van der Waals surface area (Å²) in [6.45, 7) is 6.85. The van der Waals surface area contributed by atoms with Crippen LogP contribution < -0.4 is 4.74 Å². The van der Waals surface area contributed by atoms with E-state index in [4.69, 9.17) is 21.1 Å². The van der Waals surface area contributed by atoms with E-state index in [-0.39, 0.29) is 10.8 Å². The van der Waals surface area contributed by atoms with E-state index in [1.54, 1.807) is 27.7 Å². The van der Waals surface area contributed by atoms with Crippen molar-refractivity contribution < 1.29 is 18.7 Å². The lowest BCUT2D eigenvalue weighted by molar-refractivity contribution is -0.162. The fourth-order valence-corrected chi connectivity index (χ4v) is 1.41. The Kier molecular flexibility index (Phi) is 4.57. The third-order valence-electron chi connectivity index (χ3n) is 1.94. The van der Waals surface area contributed by atoms with Crippen LogP contribution in [0.25, 0.3) is 0 Å². The number of ether oxygens (including phenoxy) is 2. The lowest BCUT2D eigenvalue weighted by Gasteiger charge is -2.22. The number of rotatable bonds is 3. The van der Waals surface area contributed by atoms with E-state index in [0.29, 0.717) is 0 Å². The molecule has 1 unspecified atom stereocenters. The van der Waals surface area contributed by atoms with Crippen molar-refractivity contribution in [2.24, 2.45) is 0 Å². The summed E-state index contributed by atoms with van der Waals surface area (Å²) in [7, 11) is 0. The molecule has 0 amide bonds. The van der Waals surface area contributed by atoms with E-state index in [1.165, 1.54) is 12.1 Å². The van der Waals surface area contributed by atoms with E-state index in [2.05, 4.69) is 0 Å². The van der Waals surface area contributed by atoms with E-state index in [9.17, 15) is 9.18 Å². The number of hydrogen-bond acceptors (Lipinski definition) is 3. The zero-order valence-corrected chi connectivity index (χ0v) is 11.5. The Morgan fingerprint density at radius 2 is 2.00 bits per heavy atom. The molecule has 100 valence electrons. The van der Waals surface area contributed by atoms with Crippen molar-refractivity contribution in [3.05, 3.63) is 29.0 Å². The number of esters is 1. The van der Waals surface area contributed by atoms with Crippen molar-refractivity contribution in [2.45, 2.75) is 39.4 Å². The van der Waals surface area contributed by atoms with Gasteiger partial charge in [-0.05, 0) is 45.9 Å². The van der Waals surface area contributed by atoms with Gasteiger partial charge in [0.15, 0.2) is 6.10 Å². The van der Waals surface area contributed by atoms with Crippen molar-refractivity contribution in [1.29, 1.82) is 0 Å². The first-order valence-electron chi connectivity index (χ1n) is 5.53. The van der Waals surface area contributed by atoms with Crippen molar-refractivity contribution in [3.8, 4) is 5.75 Å². The first kappa shape index (κ1) is 14.8. The first-order valence-corrected chi connectivity index (χ1v) is 5.91. The van der Waals surface area contributed by atoms with Gasteiger partial charge in [0, 0.05) is 0 Å². The highest BCUT2D eigenvalue weighted by atomic mass is 35.5. The van der Waals surface area contributed by atoms with Crippen LogP contribution in [0.1, 0.15) is 27.7 Å². The van der Waals surface area contributed by atoms with Crippen molar-refractivity contribution in [1.82, 2.24) is 0 Å². The van der Waals surface area contributed by atoms with Crippen LogP contribution in [0.2, 0.25) is 5.02 Å². The Balaban J connectivity index is 2.69. The maximum absolute atomic E-state index is 12.8. The van der Waals surface area contributed by atoms with Crippen LogP contribution in [0.5, 0.6) is 5.75 Å². The molecule has 1 aromatic rings. The first-order chi connectivity index (χ1) is 8.19. The van der Waals surface area contributed by atoms with Gasteiger partial charge in [-0.3, -0.25) is 0 Å². The average Bonchev–Trinajstić information content (AvgIpc) is 2.19. The lowest BCUT2D eigenvalue weighted by Crippen LogP contribution is -2.33. The maximum Gasteiger partial charge on any atom is 0.347 e. The van der Waals surface area contributed by atoms with Gasteiger partial charge in [-0.2, -0.15) is 0 Å². The van der Waals surface area contributed by atoms with Gasteiger partial charge >= 0.3 is 5.97 Å². The molecule has 0 aliphatic rings. The summed E-state index contributed by atoms with van der Waals surface area (Å²) in [5.74, 6) is -0.711. The second kappa shape index (κ2) is 5.57. The van der Waals surface area contributed by atoms with Gasteiger partial charge in [0.25, 0.3) is 0 Å². The summed E-state index contributed by atoms with van der Waals surface area (Å²) >= 11 is 5.79. The van der Waals surface area contributed by atoms with E-state index in [1.807, 2.05) is 0 Å². The fraction of sp³-hybridized carbons (Fsp3) is 0.462. The monoisotopic (exact) mass is 274 g/mol. The zero-order valence-electron chi connectivity index (χ0n) is 10.8. The highest BCUT2D eigenvalue weighted by Gasteiger charge is 2.23. The van der Waals surface area contributed by atoms with Crippen LogP contribution in [0.4, 0.5) is 4.39 Å². The van der Waals surface area contributed by atoms with Crippen molar-refractivity contribution in [3.63, 3.8) is 0 Å². The number of carbonyl (C=O) groups excluding carboxylic acids is 1. The molecule has 0 aliphatic heterocycles. The van der Waals surface area contributed by atoms with Gasteiger partial charge in [-0.15, -0.1) is 0 Å². The Morgan fingerprint density at radius 1 is 1.39 bits per heavy atom. The minimum atomic E-state index is -0.813. The van der Waals surface area contributed by atoms with Crippen LogP contribution in [0, 0.1) is 5.82 Å². The lowest BCUT2D eigenvalue weighted by atomic mass is 10.2. The van der Waals surface area contributed by atoms with Crippen molar-refractivity contribution >= 4 is 17.6 Å². The Bertz CT molecular complexity index is 440. The maximum atomic E-state index is 12.8. The van der Waals surface area contributed by atoms with Gasteiger partial charge < -0.3 is 9.47 Å². The minimum absolute atomic E-state index is 0.116. The predicted molar refractivity (Wildman–Crippen MR) is 67.3 cm³/mol. The second-order valence-corrected chi connectivity index (χ2v) is 5.28. The molecule has 0 radical (unpaired) electrons. The molecule has 0 aliphatic carbocycles. The molecule has 0 heterocycles. The highest BCUT2D eigenvalue weighted by Crippen LogP contribution is 2.26. The smallest absolute Gasteiger partial charge is 0.347 e. The van der Waals surface area contributed by atoms with Gasteiger partial charge in [0.2, 0.25) is 0 Å². The molecule has 0 spiro atoms. The normalized spacial score (nSPS) is 13.0. The topological polar surface area (TPSA) is 35.5 Å². The quantitative estimate of drug-likeness (QED) is 0.790. The van der Waals surface area contributed by atoms with Crippen LogP contribution in [0.3, 0.4) is 0 Å². The summed E-state index contributed by atoms with van der Waals surface area (Å²) in [6, 6.07) is 3.71. The summed E-state index contributed by atoms with van der Waals surface area (Å²) in [4.78, 5) is 11.7. The molecule has 5 heteroatoms. The predicted octanol–water partition coefficient (Wildman–Crippen LogP) is 3.59. The fourth-order valence-electron chi connectivity index (χ4n) is 1.19. The van der Waals surface area contributed by atoms with E-state index < -0.39 is 23.5 Å². The number of halogens is 2. The molecule has 1 aromatic carbocycles. The molecular formula is C13H16ClFO3. The van der Waals surface area contributed by atoms with E-state index in [0.717, 1.165) is 6.07 Å². The van der Waals surface area contributed by atoms with Crippen LogP contribution in [-0.4, -0.2) is 17.7 Å². The Labute approximate surface area is 111 Å². The Morgan fingerprint density at radius 3 is 2.50 bits per heavy atom. The third kappa shape index (κ3) is 4.53. The number of benzene rings is 1. The molecule has 1 rings (SSSR count). The molecule has 0 fully saturated rings. The molecule has 1 atom stereocenters. The van der Waals surface area contributed by atoms with Gasteiger partial charge in [-0.25, -0.2) is 9.18 Å². The summed E-state index contributed by atoms with van der Waals surface area (Å²) in [5, 5.41) is 0.116. The van der Waals surface area contributed by atoms with Gasteiger partial charge in [0.05, 0.1) is 5.02 Å². The van der Waals surface area contributed by atoms with Crippen molar-refractivity contribution in [2.75, 3.05) is 0 Å². The molecule has 0 aromatic heterocycles. The van der Waals surface area contributed by atoms with Gasteiger partial charge in [-0.1, -0.05) is 11.6 Å². The average molecular weight is 275 g/mol. The zero-order chi connectivity index (χ0) is 13.9. The van der Waals surface area contributed by atoms with Crippen LogP contribution >= 0.6 is 11.6 Å².